The van der Waals surface area contributed by atoms with Gasteiger partial charge in [-0.25, -0.2) is 9.97 Å². The van der Waals surface area contributed by atoms with Crippen LogP contribution in [0.3, 0.4) is 0 Å². The Morgan fingerprint density at radius 3 is 2.69 bits per heavy atom. The van der Waals surface area contributed by atoms with Crippen LogP contribution in [-0.4, -0.2) is 15.0 Å². The van der Waals surface area contributed by atoms with E-state index in [1.165, 1.54) is 0 Å². The van der Waals surface area contributed by atoms with Gasteiger partial charge in [-0.05, 0) is 29.8 Å². The summed E-state index contributed by atoms with van der Waals surface area (Å²) in [6.07, 6.45) is 1.66. The SMILES string of the molecule is Clc1ccc2cc3cnc(Cl)nc3nc2c1. The molecule has 2 heterocycles. The van der Waals surface area contributed by atoms with Crippen LogP contribution in [0.4, 0.5) is 0 Å². The monoisotopic (exact) mass is 249 g/mol. The molecule has 78 valence electrons. The van der Waals surface area contributed by atoms with E-state index in [4.69, 9.17) is 23.2 Å². The van der Waals surface area contributed by atoms with Crippen molar-refractivity contribution in [1.82, 2.24) is 15.0 Å². The zero-order valence-corrected chi connectivity index (χ0v) is 9.50. The summed E-state index contributed by atoms with van der Waals surface area (Å²) in [6.45, 7) is 0. The Bertz CT molecular complexity index is 640. The number of aromatic nitrogens is 3. The fraction of sp³-hybridized carbons (Fsp3) is 0. The van der Waals surface area contributed by atoms with E-state index < -0.39 is 0 Å². The lowest BCUT2D eigenvalue weighted by molar-refractivity contribution is 1.19. The van der Waals surface area contributed by atoms with Gasteiger partial charge in [-0.1, -0.05) is 17.7 Å². The highest BCUT2D eigenvalue weighted by atomic mass is 35.5. The van der Waals surface area contributed by atoms with Crippen LogP contribution < -0.4 is 0 Å². The van der Waals surface area contributed by atoms with Crippen LogP contribution >= 0.6 is 23.2 Å². The fourth-order valence-electron chi connectivity index (χ4n) is 1.57. The van der Waals surface area contributed by atoms with Crippen LogP contribution in [0.5, 0.6) is 0 Å². The molecule has 0 N–H and O–H groups in total. The smallest absolute Gasteiger partial charge is 0.224 e. The molecule has 16 heavy (non-hydrogen) atoms. The Balaban J connectivity index is 2.44. The van der Waals surface area contributed by atoms with Gasteiger partial charge >= 0.3 is 0 Å². The molecule has 0 amide bonds. The van der Waals surface area contributed by atoms with E-state index in [9.17, 15) is 0 Å². The number of benzene rings is 1. The standard InChI is InChI=1S/C11H5Cl2N3/c12-8-2-1-6-3-7-5-14-11(13)16-10(7)15-9(6)4-8/h1-5H. The molecule has 3 nitrogen and oxygen atoms in total. The molecule has 3 rings (SSSR count). The van der Waals surface area contributed by atoms with E-state index in [1.807, 2.05) is 18.2 Å². The molecule has 0 aliphatic heterocycles. The van der Waals surface area contributed by atoms with Crippen LogP contribution in [0, 0.1) is 0 Å². The first-order valence-electron chi connectivity index (χ1n) is 4.61. The third-order valence-corrected chi connectivity index (χ3v) is 2.71. The molecular weight excluding hydrogens is 245 g/mol. The maximum atomic E-state index is 5.90. The minimum Gasteiger partial charge on any atom is -0.228 e. The minimum atomic E-state index is 0.196. The molecule has 0 fully saturated rings. The van der Waals surface area contributed by atoms with Crippen LogP contribution in [0.1, 0.15) is 0 Å². The number of halogens is 2. The van der Waals surface area contributed by atoms with Gasteiger partial charge in [-0.15, -0.1) is 0 Å². The summed E-state index contributed by atoms with van der Waals surface area (Å²) in [5.41, 5.74) is 1.38. The van der Waals surface area contributed by atoms with Gasteiger partial charge in [0.15, 0.2) is 5.65 Å². The highest BCUT2D eigenvalue weighted by molar-refractivity contribution is 6.31. The molecule has 0 aliphatic carbocycles. The summed E-state index contributed by atoms with van der Waals surface area (Å²) < 4.78 is 0. The first-order chi connectivity index (χ1) is 7.72. The van der Waals surface area contributed by atoms with E-state index in [0.29, 0.717) is 10.7 Å². The largest absolute Gasteiger partial charge is 0.228 e. The van der Waals surface area contributed by atoms with Crippen LogP contribution in [-0.2, 0) is 0 Å². The van der Waals surface area contributed by atoms with Gasteiger partial charge in [0.25, 0.3) is 0 Å². The van der Waals surface area contributed by atoms with Crippen LogP contribution in [0.25, 0.3) is 21.9 Å². The maximum absolute atomic E-state index is 5.90. The molecule has 2 aromatic heterocycles. The van der Waals surface area contributed by atoms with Gasteiger partial charge in [-0.3, -0.25) is 0 Å². The molecule has 0 spiro atoms. The molecular formula is C11H5Cl2N3. The highest BCUT2D eigenvalue weighted by Crippen LogP contribution is 2.21. The summed E-state index contributed by atoms with van der Waals surface area (Å²) in [7, 11) is 0. The zero-order valence-electron chi connectivity index (χ0n) is 7.98. The molecule has 3 aromatic rings. The van der Waals surface area contributed by atoms with Crippen LogP contribution in [0.2, 0.25) is 10.3 Å². The van der Waals surface area contributed by atoms with Crippen molar-refractivity contribution in [3.05, 3.63) is 40.8 Å². The van der Waals surface area contributed by atoms with Crippen molar-refractivity contribution >= 4 is 45.1 Å². The lowest BCUT2D eigenvalue weighted by Gasteiger charge is -2.01. The Morgan fingerprint density at radius 1 is 0.938 bits per heavy atom. The minimum absolute atomic E-state index is 0.196. The summed E-state index contributed by atoms with van der Waals surface area (Å²) in [6, 6.07) is 7.50. The number of pyridine rings is 1. The lowest BCUT2D eigenvalue weighted by Crippen LogP contribution is -1.88. The van der Waals surface area contributed by atoms with Crippen molar-refractivity contribution in [1.29, 1.82) is 0 Å². The zero-order chi connectivity index (χ0) is 11.1. The number of hydrogen-bond acceptors (Lipinski definition) is 3. The van der Waals surface area contributed by atoms with Crippen molar-refractivity contribution in [2.75, 3.05) is 0 Å². The lowest BCUT2D eigenvalue weighted by atomic mass is 10.2. The molecule has 5 heteroatoms. The number of fused-ring (bicyclic) bond motifs is 2. The second-order valence-corrected chi connectivity index (χ2v) is 4.15. The number of nitrogens with zero attached hydrogens (tertiary/aromatic N) is 3. The van der Waals surface area contributed by atoms with Crippen molar-refractivity contribution in [2.45, 2.75) is 0 Å². The number of rotatable bonds is 0. The van der Waals surface area contributed by atoms with Crippen LogP contribution in [0.15, 0.2) is 30.5 Å². The van der Waals surface area contributed by atoms with Crippen molar-refractivity contribution in [3.8, 4) is 0 Å². The van der Waals surface area contributed by atoms with Gasteiger partial charge in [0.2, 0.25) is 5.28 Å². The molecule has 0 radical (unpaired) electrons. The van der Waals surface area contributed by atoms with Gasteiger partial charge in [0.1, 0.15) is 0 Å². The third kappa shape index (κ3) is 1.58. The molecule has 0 saturated carbocycles. The van der Waals surface area contributed by atoms with Gasteiger partial charge in [-0.2, -0.15) is 4.98 Å². The summed E-state index contributed by atoms with van der Waals surface area (Å²) in [5.74, 6) is 0. The molecule has 0 unspecified atom stereocenters. The van der Waals surface area contributed by atoms with Gasteiger partial charge in [0.05, 0.1) is 5.52 Å². The summed E-state index contributed by atoms with van der Waals surface area (Å²) >= 11 is 11.6. The maximum Gasteiger partial charge on any atom is 0.224 e. The van der Waals surface area contributed by atoms with E-state index in [0.717, 1.165) is 16.3 Å². The third-order valence-electron chi connectivity index (χ3n) is 2.30. The Kier molecular flexibility index (Phi) is 2.16. The van der Waals surface area contributed by atoms with E-state index in [2.05, 4.69) is 15.0 Å². The van der Waals surface area contributed by atoms with E-state index in [1.54, 1.807) is 12.3 Å². The Morgan fingerprint density at radius 2 is 1.81 bits per heavy atom. The second-order valence-electron chi connectivity index (χ2n) is 3.38. The van der Waals surface area contributed by atoms with E-state index in [-0.39, 0.29) is 5.28 Å². The van der Waals surface area contributed by atoms with Gasteiger partial charge < -0.3 is 0 Å². The van der Waals surface area contributed by atoms with E-state index >= 15 is 0 Å². The Labute approximate surface area is 101 Å². The molecule has 0 aliphatic rings. The summed E-state index contributed by atoms with van der Waals surface area (Å²) in [4.78, 5) is 12.4. The molecule has 0 saturated heterocycles. The normalized spacial score (nSPS) is 11.1. The predicted molar refractivity (Wildman–Crippen MR) is 64.9 cm³/mol. The van der Waals surface area contributed by atoms with Crippen molar-refractivity contribution < 1.29 is 0 Å². The van der Waals surface area contributed by atoms with Crippen molar-refractivity contribution in [3.63, 3.8) is 0 Å². The number of hydrogen-bond donors (Lipinski definition) is 0. The Hall–Kier alpha value is -1.45. The average molecular weight is 250 g/mol. The van der Waals surface area contributed by atoms with Crippen molar-refractivity contribution in [2.24, 2.45) is 0 Å². The fourth-order valence-corrected chi connectivity index (χ4v) is 1.87. The second kappa shape index (κ2) is 3.54. The first kappa shape index (κ1) is 9.75. The predicted octanol–water partition coefficient (Wildman–Crippen LogP) is 3.48. The highest BCUT2D eigenvalue weighted by Gasteiger charge is 2.02. The topological polar surface area (TPSA) is 38.7 Å². The quantitative estimate of drug-likeness (QED) is 0.452. The molecule has 1 aromatic carbocycles. The molecule has 0 bridgehead atoms. The van der Waals surface area contributed by atoms with Gasteiger partial charge in [0, 0.05) is 22.0 Å². The molecule has 0 atom stereocenters. The average Bonchev–Trinajstić information content (AvgIpc) is 2.26. The first-order valence-corrected chi connectivity index (χ1v) is 5.36. The summed E-state index contributed by atoms with van der Waals surface area (Å²) in [5, 5.41) is 2.71.